The Kier molecular flexibility index (Phi) is 3.38. The molecule has 0 aromatic heterocycles. The number of hydrogen-bond acceptors (Lipinski definition) is 6. The van der Waals surface area contributed by atoms with E-state index in [0.29, 0.717) is 10.7 Å². The van der Waals surface area contributed by atoms with Crippen LogP contribution in [-0.2, 0) is 0 Å². The molecule has 0 aromatic carbocycles. The van der Waals surface area contributed by atoms with Gasteiger partial charge < -0.3 is 10.2 Å². The summed E-state index contributed by atoms with van der Waals surface area (Å²) in [5.41, 5.74) is 0. The van der Waals surface area contributed by atoms with Crippen molar-refractivity contribution in [3.8, 4) is 0 Å². The number of aliphatic hydroxyl groups excluding tert-OH is 1. The fraction of sp³-hybridized carbons (Fsp3) is 1.00. The van der Waals surface area contributed by atoms with E-state index in [9.17, 15) is 10.2 Å². The third-order valence-electron chi connectivity index (χ3n) is 2.44. The van der Waals surface area contributed by atoms with E-state index in [4.69, 9.17) is 0 Å². The Morgan fingerprint density at radius 2 is 2.15 bits per heavy atom. The molecule has 2 fully saturated rings. The second-order valence-corrected chi connectivity index (χ2v) is 5.97. The van der Waals surface area contributed by atoms with Gasteiger partial charge in [0.25, 0.3) is 0 Å². The predicted molar refractivity (Wildman–Crippen MR) is 60.2 cm³/mol. The number of nitrogens with zero attached hydrogens (tertiary/aromatic N) is 1. The van der Waals surface area contributed by atoms with Crippen molar-refractivity contribution in [3.63, 3.8) is 0 Å². The van der Waals surface area contributed by atoms with Gasteiger partial charge in [0.15, 0.2) is 6.29 Å². The van der Waals surface area contributed by atoms with Crippen LogP contribution in [-0.4, -0.2) is 55.5 Å². The van der Waals surface area contributed by atoms with Crippen molar-refractivity contribution in [2.75, 3.05) is 17.3 Å². The largest absolute Gasteiger partial charge is 0.367 e. The van der Waals surface area contributed by atoms with Crippen molar-refractivity contribution in [2.45, 2.75) is 23.1 Å². The molecule has 0 radical (unpaired) electrons. The molecule has 2 heterocycles. The van der Waals surface area contributed by atoms with Gasteiger partial charge in [-0.2, -0.15) is 12.6 Å². The molecule has 2 aliphatic rings. The Hall–Kier alpha value is 0.930. The van der Waals surface area contributed by atoms with E-state index >= 15 is 0 Å². The maximum absolute atomic E-state index is 9.18. The zero-order valence-corrected chi connectivity index (χ0v) is 9.56. The Morgan fingerprint density at radius 1 is 1.38 bits per heavy atom. The van der Waals surface area contributed by atoms with E-state index in [2.05, 4.69) is 17.5 Å². The lowest BCUT2D eigenvalue weighted by Gasteiger charge is -2.28. The molecular formula is C7H13NO2S3. The summed E-state index contributed by atoms with van der Waals surface area (Å²) in [6.07, 6.45) is -1.21. The first-order valence-corrected chi connectivity index (χ1v) is 6.94. The first kappa shape index (κ1) is 10.4. The number of fused-ring (bicyclic) bond motifs is 1. The molecule has 13 heavy (non-hydrogen) atoms. The highest BCUT2D eigenvalue weighted by atomic mass is 32.2. The minimum atomic E-state index is -1.21. The topological polar surface area (TPSA) is 43.7 Å². The van der Waals surface area contributed by atoms with Crippen LogP contribution in [0.3, 0.4) is 0 Å². The van der Waals surface area contributed by atoms with Crippen molar-refractivity contribution in [1.29, 1.82) is 0 Å². The quantitative estimate of drug-likeness (QED) is 0.469. The fourth-order valence-electron chi connectivity index (χ4n) is 1.80. The monoisotopic (exact) mass is 239 g/mol. The molecule has 3 atom stereocenters. The molecule has 0 aromatic rings. The van der Waals surface area contributed by atoms with Crippen molar-refractivity contribution >= 4 is 36.2 Å². The van der Waals surface area contributed by atoms with Crippen LogP contribution in [0, 0.1) is 0 Å². The van der Waals surface area contributed by atoms with Gasteiger partial charge in [-0.15, -0.1) is 23.5 Å². The van der Waals surface area contributed by atoms with E-state index in [1.54, 1.807) is 0 Å². The van der Waals surface area contributed by atoms with Gasteiger partial charge in [-0.05, 0) is 0 Å². The van der Waals surface area contributed by atoms with Crippen LogP contribution < -0.4 is 0 Å². The van der Waals surface area contributed by atoms with E-state index in [-0.39, 0.29) is 6.04 Å². The molecule has 2 aliphatic heterocycles. The molecule has 0 amide bonds. The molecule has 0 bridgehead atoms. The molecule has 3 nitrogen and oxygen atoms in total. The third kappa shape index (κ3) is 1.85. The van der Waals surface area contributed by atoms with Crippen LogP contribution >= 0.6 is 36.2 Å². The van der Waals surface area contributed by atoms with Crippen LogP contribution in [0.4, 0.5) is 0 Å². The van der Waals surface area contributed by atoms with Gasteiger partial charge in [-0.25, -0.2) is 0 Å². The molecule has 0 aliphatic carbocycles. The molecule has 6 heteroatoms. The van der Waals surface area contributed by atoms with E-state index in [1.807, 2.05) is 23.5 Å². The van der Waals surface area contributed by atoms with Crippen molar-refractivity contribution in [1.82, 2.24) is 4.90 Å². The van der Waals surface area contributed by atoms with Gasteiger partial charge in [0.1, 0.15) is 0 Å². The van der Waals surface area contributed by atoms with E-state index in [1.165, 1.54) is 0 Å². The average molecular weight is 239 g/mol. The molecule has 2 rings (SSSR count). The van der Waals surface area contributed by atoms with Gasteiger partial charge in [0.05, 0.1) is 16.8 Å². The minimum Gasteiger partial charge on any atom is -0.367 e. The smallest absolute Gasteiger partial charge is 0.168 e. The highest BCUT2D eigenvalue weighted by Gasteiger charge is 2.45. The van der Waals surface area contributed by atoms with Gasteiger partial charge in [0, 0.05) is 17.3 Å². The normalized spacial score (nSPS) is 40.2. The van der Waals surface area contributed by atoms with Crippen LogP contribution in [0.15, 0.2) is 0 Å². The standard InChI is InChI=1S/C7H13NO2S3/c9-7(10)4-2-12-6-3-13-5(1-11)8(4)6/h4-7,9-11H,1-3H2/t4-,5+,6-/m1/s1. The summed E-state index contributed by atoms with van der Waals surface area (Å²) in [5.74, 6) is 2.69. The molecule has 0 saturated carbocycles. The second kappa shape index (κ2) is 4.20. The van der Waals surface area contributed by atoms with Crippen LogP contribution in [0.25, 0.3) is 0 Å². The summed E-state index contributed by atoms with van der Waals surface area (Å²) >= 11 is 7.95. The minimum absolute atomic E-state index is 0.0952. The molecular weight excluding hydrogens is 226 g/mol. The molecule has 2 N–H and O–H groups in total. The lowest BCUT2D eigenvalue weighted by Crippen LogP contribution is -2.46. The molecule has 0 unspecified atom stereocenters. The highest BCUT2D eigenvalue weighted by molar-refractivity contribution is 8.04. The average Bonchev–Trinajstić information content (AvgIpc) is 2.61. The summed E-state index contributed by atoms with van der Waals surface area (Å²) in [7, 11) is 0. The van der Waals surface area contributed by atoms with Gasteiger partial charge in [-0.1, -0.05) is 0 Å². The Labute approximate surface area is 91.7 Å². The van der Waals surface area contributed by atoms with E-state index in [0.717, 1.165) is 17.3 Å². The van der Waals surface area contributed by atoms with Gasteiger partial charge in [-0.3, -0.25) is 4.90 Å². The van der Waals surface area contributed by atoms with Crippen molar-refractivity contribution in [2.24, 2.45) is 0 Å². The molecule has 2 saturated heterocycles. The lowest BCUT2D eigenvalue weighted by atomic mass is 10.3. The first-order valence-electron chi connectivity index (χ1n) is 4.21. The van der Waals surface area contributed by atoms with Crippen LogP contribution in [0.5, 0.6) is 0 Å². The Balaban J connectivity index is 2.08. The van der Waals surface area contributed by atoms with E-state index < -0.39 is 6.29 Å². The number of rotatable bonds is 2. The summed E-state index contributed by atoms with van der Waals surface area (Å²) in [6.45, 7) is 0. The third-order valence-corrected chi connectivity index (χ3v) is 5.87. The zero-order chi connectivity index (χ0) is 9.42. The number of hydrogen-bond donors (Lipinski definition) is 3. The maximum Gasteiger partial charge on any atom is 0.168 e. The summed E-state index contributed by atoms with van der Waals surface area (Å²) < 4.78 is 0. The van der Waals surface area contributed by atoms with Gasteiger partial charge in [0.2, 0.25) is 0 Å². The predicted octanol–water partition coefficient (Wildman–Crippen LogP) is 0.0433. The summed E-state index contributed by atoms with van der Waals surface area (Å²) in [4.78, 5) is 2.20. The lowest BCUT2D eigenvalue weighted by molar-refractivity contribution is -0.0904. The SMILES string of the molecule is OC(O)[C@H]1CS[C@@H]2CS[C@@H](CS)N12. The first-order chi connectivity index (χ1) is 6.24. The Morgan fingerprint density at radius 3 is 2.77 bits per heavy atom. The van der Waals surface area contributed by atoms with Crippen LogP contribution in [0.1, 0.15) is 0 Å². The Bertz CT molecular complexity index is 193. The molecule has 76 valence electrons. The maximum atomic E-state index is 9.18. The number of aliphatic hydroxyl groups is 2. The number of thioether (sulfide) groups is 2. The number of thiol groups is 1. The molecule has 0 spiro atoms. The summed E-state index contributed by atoms with van der Waals surface area (Å²) in [5, 5.41) is 19.2. The second-order valence-electron chi connectivity index (χ2n) is 3.19. The van der Waals surface area contributed by atoms with Crippen molar-refractivity contribution < 1.29 is 10.2 Å². The zero-order valence-electron chi connectivity index (χ0n) is 7.04. The van der Waals surface area contributed by atoms with Crippen LogP contribution in [0.2, 0.25) is 0 Å². The van der Waals surface area contributed by atoms with Gasteiger partial charge >= 0.3 is 0 Å². The fourth-order valence-corrected chi connectivity index (χ4v) is 5.38. The highest BCUT2D eigenvalue weighted by Crippen LogP contribution is 2.43. The summed E-state index contributed by atoms with van der Waals surface area (Å²) in [6, 6.07) is -0.0952. The van der Waals surface area contributed by atoms with Crippen molar-refractivity contribution in [3.05, 3.63) is 0 Å².